The van der Waals surface area contributed by atoms with Crippen LogP contribution in [0.4, 0.5) is 4.39 Å². The molecular formula is C21H20ClFN4O4S. The molecule has 11 heteroatoms. The minimum atomic E-state index is -3.76. The van der Waals surface area contributed by atoms with E-state index in [9.17, 15) is 22.4 Å². The van der Waals surface area contributed by atoms with Crippen LogP contribution < -0.4 is 4.72 Å². The number of piperazine rings is 1. The van der Waals surface area contributed by atoms with Gasteiger partial charge in [0.05, 0.1) is 16.5 Å². The van der Waals surface area contributed by atoms with Crippen molar-refractivity contribution in [1.82, 2.24) is 14.5 Å². The van der Waals surface area contributed by atoms with Crippen LogP contribution in [0.1, 0.15) is 27.1 Å². The number of hydrogen-bond donors (Lipinski definition) is 1. The molecule has 1 N–H and O–H groups in total. The summed E-state index contributed by atoms with van der Waals surface area (Å²) >= 11 is 5.86. The molecule has 1 aliphatic heterocycles. The van der Waals surface area contributed by atoms with E-state index in [0.717, 1.165) is 6.07 Å². The maximum atomic E-state index is 14.0. The van der Waals surface area contributed by atoms with E-state index in [2.05, 4.69) is 4.72 Å². The quantitative estimate of drug-likeness (QED) is 0.640. The van der Waals surface area contributed by atoms with Gasteiger partial charge in [-0.2, -0.15) is 5.26 Å². The fraction of sp³-hybridized carbons (Fsp3) is 0.286. The van der Waals surface area contributed by atoms with Crippen LogP contribution in [0, 0.1) is 17.1 Å². The van der Waals surface area contributed by atoms with Gasteiger partial charge >= 0.3 is 0 Å². The van der Waals surface area contributed by atoms with Crippen molar-refractivity contribution in [3.63, 3.8) is 0 Å². The first-order chi connectivity index (χ1) is 15.2. The molecular weight excluding hydrogens is 459 g/mol. The topological polar surface area (TPSA) is 111 Å². The lowest BCUT2D eigenvalue weighted by Gasteiger charge is -2.35. The molecule has 32 heavy (non-hydrogen) atoms. The Balaban J connectivity index is 1.61. The number of rotatable bonds is 6. The van der Waals surface area contributed by atoms with E-state index in [1.807, 2.05) is 6.07 Å². The standard InChI is InChI=1S/C21H20ClFN4O4S/c22-16-4-7-19(23)18(14-16)21(29)27-12-10-26(11-13-27)20(28)15-2-5-17(6-3-15)32(30,31)25-9-1-8-24/h2-7,14,25H,1,9-13H2. The Hall–Kier alpha value is -3.00. The summed E-state index contributed by atoms with van der Waals surface area (Å²) in [4.78, 5) is 28.3. The summed E-state index contributed by atoms with van der Waals surface area (Å²) in [5.41, 5.74) is 0.194. The van der Waals surface area contributed by atoms with Crippen LogP contribution in [0.5, 0.6) is 0 Å². The number of carbonyl (C=O) groups is 2. The number of carbonyl (C=O) groups excluding carboxylic acids is 2. The van der Waals surface area contributed by atoms with Crippen LogP contribution in [-0.4, -0.2) is 62.8 Å². The largest absolute Gasteiger partial charge is 0.335 e. The highest BCUT2D eigenvalue weighted by molar-refractivity contribution is 7.89. The Morgan fingerprint density at radius 1 is 1.03 bits per heavy atom. The zero-order valence-electron chi connectivity index (χ0n) is 16.9. The minimum absolute atomic E-state index is 0.00159. The van der Waals surface area contributed by atoms with Gasteiger partial charge in [0, 0.05) is 49.7 Å². The first-order valence-corrected chi connectivity index (χ1v) is 11.6. The average Bonchev–Trinajstić information content (AvgIpc) is 2.80. The van der Waals surface area contributed by atoms with E-state index < -0.39 is 21.7 Å². The smallest absolute Gasteiger partial charge is 0.257 e. The van der Waals surface area contributed by atoms with Gasteiger partial charge in [-0.05, 0) is 42.5 Å². The van der Waals surface area contributed by atoms with Gasteiger partial charge in [-0.1, -0.05) is 11.6 Å². The van der Waals surface area contributed by atoms with Gasteiger partial charge in [-0.15, -0.1) is 0 Å². The molecule has 0 unspecified atom stereocenters. The second-order valence-electron chi connectivity index (χ2n) is 7.04. The highest BCUT2D eigenvalue weighted by atomic mass is 35.5. The number of nitrogens with one attached hydrogen (secondary N) is 1. The summed E-state index contributed by atoms with van der Waals surface area (Å²) in [6.07, 6.45) is 0.0498. The van der Waals surface area contributed by atoms with Crippen molar-refractivity contribution in [3.05, 3.63) is 64.4 Å². The van der Waals surface area contributed by atoms with Gasteiger partial charge in [0.15, 0.2) is 0 Å². The lowest BCUT2D eigenvalue weighted by molar-refractivity contribution is 0.0533. The molecule has 3 rings (SSSR count). The van der Waals surface area contributed by atoms with Crippen LogP contribution >= 0.6 is 11.6 Å². The third kappa shape index (κ3) is 5.43. The summed E-state index contributed by atoms with van der Waals surface area (Å²) in [7, 11) is -3.76. The van der Waals surface area contributed by atoms with E-state index in [1.54, 1.807) is 4.90 Å². The zero-order valence-corrected chi connectivity index (χ0v) is 18.5. The van der Waals surface area contributed by atoms with Crippen LogP contribution in [0.2, 0.25) is 5.02 Å². The van der Waals surface area contributed by atoms with E-state index in [4.69, 9.17) is 16.9 Å². The molecule has 168 valence electrons. The molecule has 0 radical (unpaired) electrons. The number of hydrogen-bond acceptors (Lipinski definition) is 5. The molecule has 0 bridgehead atoms. The molecule has 1 aliphatic rings. The normalized spacial score (nSPS) is 14.2. The Morgan fingerprint density at radius 3 is 2.22 bits per heavy atom. The van der Waals surface area contributed by atoms with Crippen molar-refractivity contribution in [2.24, 2.45) is 0 Å². The predicted molar refractivity (Wildman–Crippen MR) is 115 cm³/mol. The summed E-state index contributed by atoms with van der Waals surface area (Å²) in [5.74, 6) is -1.45. The van der Waals surface area contributed by atoms with Gasteiger partial charge in [-0.3, -0.25) is 9.59 Å². The summed E-state index contributed by atoms with van der Waals surface area (Å²) in [6, 6.07) is 11.1. The van der Waals surface area contributed by atoms with Gasteiger partial charge in [-0.25, -0.2) is 17.5 Å². The molecule has 8 nitrogen and oxygen atoms in total. The molecule has 2 aromatic carbocycles. The molecule has 2 amide bonds. The van der Waals surface area contributed by atoms with Crippen LogP contribution in [-0.2, 0) is 10.0 Å². The molecule has 1 saturated heterocycles. The molecule has 0 atom stereocenters. The lowest BCUT2D eigenvalue weighted by Crippen LogP contribution is -2.50. The molecule has 2 aromatic rings. The van der Waals surface area contributed by atoms with Gasteiger partial charge in [0.25, 0.3) is 11.8 Å². The molecule has 0 aromatic heterocycles. The first kappa shape index (κ1) is 23.7. The Bertz CT molecular complexity index is 1160. The number of nitriles is 1. The summed E-state index contributed by atoms with van der Waals surface area (Å²) < 4.78 is 40.6. The van der Waals surface area contributed by atoms with Crippen molar-refractivity contribution in [1.29, 1.82) is 5.26 Å². The van der Waals surface area contributed by atoms with Crippen LogP contribution in [0.25, 0.3) is 0 Å². The highest BCUT2D eigenvalue weighted by Gasteiger charge is 2.27. The maximum absolute atomic E-state index is 14.0. The molecule has 0 saturated carbocycles. The maximum Gasteiger partial charge on any atom is 0.257 e. The predicted octanol–water partition coefficient (Wildman–Crippen LogP) is 2.27. The van der Waals surface area contributed by atoms with Crippen molar-refractivity contribution in [2.45, 2.75) is 11.3 Å². The average molecular weight is 479 g/mol. The number of halogens is 2. The second kappa shape index (κ2) is 10.1. The second-order valence-corrected chi connectivity index (χ2v) is 9.24. The minimum Gasteiger partial charge on any atom is -0.335 e. The number of nitrogens with zero attached hydrogens (tertiary/aromatic N) is 3. The number of sulfonamides is 1. The van der Waals surface area contributed by atoms with Gasteiger partial charge in [0.2, 0.25) is 10.0 Å². The Morgan fingerprint density at radius 2 is 1.62 bits per heavy atom. The van der Waals surface area contributed by atoms with Crippen LogP contribution in [0.15, 0.2) is 47.4 Å². The van der Waals surface area contributed by atoms with Crippen LogP contribution in [0.3, 0.4) is 0 Å². The first-order valence-electron chi connectivity index (χ1n) is 9.73. The van der Waals surface area contributed by atoms with E-state index in [0.29, 0.717) is 5.56 Å². The molecule has 1 fully saturated rings. The molecule has 1 heterocycles. The monoisotopic (exact) mass is 478 g/mol. The molecule has 0 spiro atoms. The third-order valence-corrected chi connectivity index (χ3v) is 6.67. The van der Waals surface area contributed by atoms with Crippen molar-refractivity contribution in [2.75, 3.05) is 32.7 Å². The summed E-state index contributed by atoms with van der Waals surface area (Å²) in [6.45, 7) is 0.963. The Labute approximate surface area is 190 Å². The number of amides is 2. The van der Waals surface area contributed by atoms with E-state index in [-0.39, 0.29) is 60.5 Å². The number of benzene rings is 2. The summed E-state index contributed by atoms with van der Waals surface area (Å²) in [5, 5.41) is 8.77. The zero-order chi connectivity index (χ0) is 23.3. The van der Waals surface area contributed by atoms with Gasteiger partial charge in [0.1, 0.15) is 5.82 Å². The third-order valence-electron chi connectivity index (χ3n) is 4.95. The van der Waals surface area contributed by atoms with E-state index >= 15 is 0 Å². The van der Waals surface area contributed by atoms with E-state index in [1.165, 1.54) is 41.3 Å². The van der Waals surface area contributed by atoms with Crippen molar-refractivity contribution < 1.29 is 22.4 Å². The molecule has 0 aliphatic carbocycles. The SMILES string of the molecule is N#CCCNS(=O)(=O)c1ccc(C(=O)N2CCN(C(=O)c3cc(Cl)ccc3F)CC2)cc1. The van der Waals surface area contributed by atoms with Crippen molar-refractivity contribution >= 4 is 33.4 Å². The van der Waals surface area contributed by atoms with Gasteiger partial charge < -0.3 is 9.80 Å². The Kier molecular flexibility index (Phi) is 7.45. The highest BCUT2D eigenvalue weighted by Crippen LogP contribution is 2.19. The fourth-order valence-corrected chi connectivity index (χ4v) is 4.43. The fourth-order valence-electron chi connectivity index (χ4n) is 3.23. The lowest BCUT2D eigenvalue weighted by atomic mass is 10.1. The van der Waals surface area contributed by atoms with Crippen molar-refractivity contribution in [3.8, 4) is 6.07 Å².